The fourth-order valence-corrected chi connectivity index (χ4v) is 2.85. The lowest BCUT2D eigenvalue weighted by molar-refractivity contribution is -0.118. The second-order valence-electron chi connectivity index (χ2n) is 8.13. The van der Waals surface area contributed by atoms with Gasteiger partial charge in [-0.3, -0.25) is 4.79 Å². The number of hydrogen-bond donors (Lipinski definition) is 2. The predicted molar refractivity (Wildman–Crippen MR) is 188 cm³/mol. The molecule has 0 saturated heterocycles. The number of rotatable bonds is 8. The summed E-state index contributed by atoms with van der Waals surface area (Å²) in [5.74, 6) is 5.20. The number of thioether (sulfide) groups is 1. The predicted octanol–water partition coefficient (Wildman–Crippen LogP) is 7.96. The molecule has 2 rings (SSSR count). The lowest BCUT2D eigenvalue weighted by Gasteiger charge is -2.17. The van der Waals surface area contributed by atoms with Crippen molar-refractivity contribution in [3.63, 3.8) is 0 Å². The van der Waals surface area contributed by atoms with Crippen LogP contribution >= 0.6 is 11.8 Å². The first-order valence-corrected chi connectivity index (χ1v) is 15.7. The van der Waals surface area contributed by atoms with Gasteiger partial charge in [-0.2, -0.15) is 5.10 Å². The number of aromatic nitrogens is 1. The minimum Gasteiger partial charge on any atom is -0.373 e. The zero-order chi connectivity index (χ0) is 33.7. The first kappa shape index (κ1) is 49.6. The SMILES string of the molecule is C.CC.CC.CC(C)=O.CCCC.CCN(C)c1ccc(-c2cn(CC)oc2=O)cc1F.CCNC(=O)CS/C(C)=N/N. The van der Waals surface area contributed by atoms with E-state index in [-0.39, 0.29) is 24.9 Å². The molecular weight excluding hydrogens is 569 g/mol. The van der Waals surface area contributed by atoms with E-state index < -0.39 is 5.63 Å². The molecule has 0 atom stereocenters. The molecule has 43 heavy (non-hydrogen) atoms. The molecular formula is C32H62FN5O4S. The fraction of sp³-hybridized carbons (Fsp3) is 0.625. The molecule has 0 fully saturated rings. The van der Waals surface area contributed by atoms with Crippen LogP contribution in [0.3, 0.4) is 0 Å². The van der Waals surface area contributed by atoms with Crippen LogP contribution in [0.25, 0.3) is 11.1 Å². The van der Waals surface area contributed by atoms with Crippen LogP contribution in [0.1, 0.15) is 103 Å². The van der Waals surface area contributed by atoms with Crippen LogP contribution in [-0.4, -0.2) is 47.4 Å². The van der Waals surface area contributed by atoms with Crippen LogP contribution in [0.2, 0.25) is 0 Å². The number of aryl methyl sites for hydroxylation is 1. The standard InChI is InChI=1S/C14H17FN2O2.C6H13N3OS.C4H10.C3H6O.2C2H6.CH4/c1-4-16(3)13-7-6-10(8-12(13)15)11-9-17(5-2)19-14(11)18;1-3-8-6(10)4-11-5(2)9-7;1-3-4-2;1-3(2)4;2*1-2;/h6-9H,4-5H2,1-3H3;3-4,7H2,1-2H3,(H,8,10);3-4H2,1-2H3;1-2H3;2*1-2H3;1H4/b;9-5+;;;;;. The van der Waals surface area contributed by atoms with Crippen LogP contribution in [0, 0.1) is 5.82 Å². The molecule has 0 radical (unpaired) electrons. The highest BCUT2D eigenvalue weighted by Crippen LogP contribution is 2.24. The first-order valence-electron chi connectivity index (χ1n) is 14.7. The molecule has 0 bridgehead atoms. The molecule has 252 valence electrons. The lowest BCUT2D eigenvalue weighted by atomic mass is 10.1. The number of anilines is 1. The number of nitrogens with two attached hydrogens (primary N) is 1. The van der Waals surface area contributed by atoms with Crippen LogP contribution in [0.4, 0.5) is 10.1 Å². The van der Waals surface area contributed by atoms with Gasteiger partial charge in [0.2, 0.25) is 5.91 Å². The van der Waals surface area contributed by atoms with Crippen LogP contribution in [0.15, 0.2) is 38.8 Å². The highest BCUT2D eigenvalue weighted by molar-refractivity contribution is 8.14. The second kappa shape index (κ2) is 33.4. The van der Waals surface area contributed by atoms with Gasteiger partial charge in [0.1, 0.15) is 11.6 Å². The van der Waals surface area contributed by atoms with Crippen molar-refractivity contribution in [3.8, 4) is 11.1 Å². The summed E-state index contributed by atoms with van der Waals surface area (Å²) in [4.78, 5) is 33.7. The van der Waals surface area contributed by atoms with Crippen molar-refractivity contribution in [1.29, 1.82) is 0 Å². The molecule has 3 N–H and O–H groups in total. The quantitative estimate of drug-likeness (QED) is 0.131. The number of unbranched alkanes of at least 4 members (excludes halogenated alkanes) is 1. The third-order valence-electron chi connectivity index (χ3n) is 4.62. The van der Waals surface area contributed by atoms with Crippen molar-refractivity contribution in [2.24, 2.45) is 10.9 Å². The van der Waals surface area contributed by atoms with Crippen molar-refractivity contribution in [1.82, 2.24) is 10.1 Å². The van der Waals surface area contributed by atoms with E-state index in [0.29, 0.717) is 42.2 Å². The molecule has 0 aliphatic rings. The minimum absolute atomic E-state index is 0. The summed E-state index contributed by atoms with van der Waals surface area (Å²) in [6, 6.07) is 4.78. The van der Waals surface area contributed by atoms with Crippen molar-refractivity contribution < 1.29 is 18.5 Å². The van der Waals surface area contributed by atoms with E-state index in [1.807, 2.05) is 55.5 Å². The molecule has 11 heteroatoms. The Morgan fingerprint density at radius 2 is 1.56 bits per heavy atom. The van der Waals surface area contributed by atoms with Gasteiger partial charge in [0.25, 0.3) is 0 Å². The molecule has 0 saturated carbocycles. The number of Topliss-reactive ketones (excluding diaryl/α,β-unsaturated/α-hetero) is 1. The third kappa shape index (κ3) is 26.3. The topological polar surface area (TPSA) is 123 Å². The maximum Gasteiger partial charge on any atom is 0.365 e. The number of carbonyl (C=O) groups is 2. The van der Waals surface area contributed by atoms with Crippen molar-refractivity contribution in [2.75, 3.05) is 30.8 Å². The zero-order valence-electron chi connectivity index (χ0n) is 28.4. The number of benzene rings is 1. The maximum atomic E-state index is 14.0. The summed E-state index contributed by atoms with van der Waals surface area (Å²) >= 11 is 1.34. The van der Waals surface area contributed by atoms with E-state index in [0.717, 1.165) is 5.04 Å². The zero-order valence-corrected chi connectivity index (χ0v) is 29.2. The van der Waals surface area contributed by atoms with Gasteiger partial charge in [-0.05, 0) is 59.2 Å². The number of carbonyl (C=O) groups excluding carboxylic acids is 2. The highest BCUT2D eigenvalue weighted by atomic mass is 32.2. The summed E-state index contributed by atoms with van der Waals surface area (Å²) in [7, 11) is 1.82. The third-order valence-corrected chi connectivity index (χ3v) is 5.55. The van der Waals surface area contributed by atoms with Gasteiger partial charge in [0.05, 0.1) is 34.8 Å². The Balaban J connectivity index is -0.000000171. The summed E-state index contributed by atoms with van der Waals surface area (Å²) in [5, 5.41) is 6.81. The summed E-state index contributed by atoms with van der Waals surface area (Å²) in [6.07, 6.45) is 4.24. The molecule has 1 amide bonds. The minimum atomic E-state index is -0.446. The van der Waals surface area contributed by atoms with Gasteiger partial charge in [-0.25, -0.2) is 13.9 Å². The molecule has 1 aromatic heterocycles. The van der Waals surface area contributed by atoms with Crippen LogP contribution in [0.5, 0.6) is 0 Å². The molecule has 1 heterocycles. The number of nitrogens with one attached hydrogen (secondary N) is 1. The van der Waals surface area contributed by atoms with Crippen LogP contribution < -0.4 is 21.7 Å². The van der Waals surface area contributed by atoms with Gasteiger partial charge >= 0.3 is 5.63 Å². The van der Waals surface area contributed by atoms with Gasteiger partial charge < -0.3 is 25.4 Å². The van der Waals surface area contributed by atoms with E-state index in [1.165, 1.54) is 49.3 Å². The van der Waals surface area contributed by atoms with Crippen molar-refractivity contribution >= 4 is 34.2 Å². The Kier molecular flexibility index (Phi) is 38.5. The van der Waals surface area contributed by atoms with Crippen molar-refractivity contribution in [3.05, 3.63) is 40.6 Å². The Morgan fingerprint density at radius 1 is 1.05 bits per heavy atom. The molecule has 1 aromatic carbocycles. The molecule has 0 unspecified atom stereocenters. The number of ketones is 1. The summed E-state index contributed by atoms with van der Waals surface area (Å²) in [5.41, 5.74) is 0.988. The van der Waals surface area contributed by atoms with Gasteiger partial charge in [-0.15, -0.1) is 0 Å². The first-order chi connectivity index (χ1) is 19.9. The van der Waals surface area contributed by atoms with E-state index in [4.69, 9.17) is 10.4 Å². The number of halogens is 1. The second-order valence-corrected chi connectivity index (χ2v) is 9.30. The average Bonchev–Trinajstić information content (AvgIpc) is 3.38. The Hall–Kier alpha value is -3.08. The number of amides is 1. The van der Waals surface area contributed by atoms with E-state index in [9.17, 15) is 18.8 Å². The van der Waals surface area contributed by atoms with Gasteiger partial charge in [-0.1, -0.05) is 79.6 Å². The van der Waals surface area contributed by atoms with E-state index >= 15 is 0 Å². The smallest absolute Gasteiger partial charge is 0.365 e. The largest absolute Gasteiger partial charge is 0.373 e. The fourth-order valence-electron chi connectivity index (χ4n) is 2.34. The van der Waals surface area contributed by atoms with Gasteiger partial charge in [0.15, 0.2) is 0 Å². The van der Waals surface area contributed by atoms with Crippen molar-refractivity contribution in [2.45, 2.75) is 110 Å². The Labute approximate surface area is 265 Å². The summed E-state index contributed by atoms with van der Waals surface area (Å²) < 4.78 is 20.4. The van der Waals surface area contributed by atoms with E-state index in [2.05, 4.69) is 24.3 Å². The highest BCUT2D eigenvalue weighted by Gasteiger charge is 2.13. The number of nitrogens with zero attached hydrogens (tertiary/aromatic N) is 3. The van der Waals surface area contributed by atoms with E-state index in [1.54, 1.807) is 30.2 Å². The molecule has 0 spiro atoms. The Morgan fingerprint density at radius 3 is 1.91 bits per heavy atom. The normalized spacial score (nSPS) is 9.21. The molecule has 0 aliphatic heterocycles. The lowest BCUT2D eigenvalue weighted by Crippen LogP contribution is -2.24. The maximum absolute atomic E-state index is 14.0. The average molecular weight is 632 g/mol. The molecule has 2 aromatic rings. The number of hydrazone groups is 1. The summed E-state index contributed by atoms with van der Waals surface area (Å²) in [6.45, 7) is 24.8. The molecule has 0 aliphatic carbocycles. The Bertz CT molecular complexity index is 1030. The monoisotopic (exact) mass is 631 g/mol. The van der Waals surface area contributed by atoms with Gasteiger partial charge in [0, 0.05) is 20.1 Å². The molecule has 9 nitrogen and oxygen atoms in total. The van der Waals surface area contributed by atoms with Crippen LogP contribution in [-0.2, 0) is 16.1 Å². The number of hydrogen-bond acceptors (Lipinski definition) is 8.